The molecule has 1 heterocycles. The van der Waals surface area contributed by atoms with E-state index in [1.54, 1.807) is 36.4 Å². The number of carbonyl (C=O) groups excluding carboxylic acids is 1. The molecule has 1 aromatic carbocycles. The average Bonchev–Trinajstić information content (AvgIpc) is 2.96. The molecule has 0 saturated carbocycles. The Morgan fingerprint density at radius 2 is 2.00 bits per heavy atom. The van der Waals surface area contributed by atoms with E-state index in [2.05, 4.69) is 12.2 Å². The number of ether oxygens (including phenoxy) is 1. The summed E-state index contributed by atoms with van der Waals surface area (Å²) in [5, 5.41) is 3.46. The number of unbranched alkanes of at least 4 members (excludes halogenated alkanes) is 1. The number of amides is 1. The zero-order valence-electron chi connectivity index (χ0n) is 11.9. The van der Waals surface area contributed by atoms with E-state index in [4.69, 9.17) is 20.8 Å². The van der Waals surface area contributed by atoms with Gasteiger partial charge in [-0.05, 0) is 42.8 Å². The van der Waals surface area contributed by atoms with E-state index in [0.29, 0.717) is 28.8 Å². The van der Waals surface area contributed by atoms with Gasteiger partial charge in [0.2, 0.25) is 0 Å². The predicted octanol–water partition coefficient (Wildman–Crippen LogP) is 4.04. The van der Waals surface area contributed by atoms with Gasteiger partial charge in [0.15, 0.2) is 5.76 Å². The normalized spacial score (nSPS) is 10.4. The molecule has 0 saturated heterocycles. The van der Waals surface area contributed by atoms with Crippen LogP contribution in [-0.2, 0) is 6.61 Å². The summed E-state index contributed by atoms with van der Waals surface area (Å²) in [6.07, 6.45) is 2.00. The number of halogens is 1. The minimum absolute atomic E-state index is 0.193. The van der Waals surface area contributed by atoms with Gasteiger partial charge in [0, 0.05) is 11.6 Å². The van der Waals surface area contributed by atoms with E-state index in [9.17, 15) is 4.79 Å². The molecule has 1 amide bonds. The van der Waals surface area contributed by atoms with Crippen LogP contribution in [0.3, 0.4) is 0 Å². The number of hydrogen-bond donors (Lipinski definition) is 1. The van der Waals surface area contributed by atoms with Crippen molar-refractivity contribution in [3.8, 4) is 5.75 Å². The largest absolute Gasteiger partial charge is 0.486 e. The molecule has 1 N–H and O–H groups in total. The third-order valence-corrected chi connectivity index (χ3v) is 3.15. The Kier molecular flexibility index (Phi) is 5.69. The van der Waals surface area contributed by atoms with E-state index < -0.39 is 0 Å². The van der Waals surface area contributed by atoms with Gasteiger partial charge in [-0.15, -0.1) is 0 Å². The number of hydrogen-bond acceptors (Lipinski definition) is 3. The molecular formula is C16H18ClNO3. The summed E-state index contributed by atoms with van der Waals surface area (Å²) < 4.78 is 11.0. The van der Waals surface area contributed by atoms with Crippen molar-refractivity contribution in [3.05, 3.63) is 52.9 Å². The Balaban J connectivity index is 1.85. The van der Waals surface area contributed by atoms with Crippen LogP contribution >= 0.6 is 11.6 Å². The lowest BCUT2D eigenvalue weighted by Gasteiger charge is -2.04. The fourth-order valence-corrected chi connectivity index (χ4v) is 1.85. The van der Waals surface area contributed by atoms with Gasteiger partial charge in [-0.2, -0.15) is 0 Å². The van der Waals surface area contributed by atoms with Crippen molar-refractivity contribution < 1.29 is 13.9 Å². The van der Waals surface area contributed by atoms with Crippen LogP contribution in [0.2, 0.25) is 5.02 Å². The van der Waals surface area contributed by atoms with Crippen LogP contribution in [0.15, 0.2) is 40.8 Å². The first-order chi connectivity index (χ1) is 10.2. The highest BCUT2D eigenvalue weighted by Crippen LogP contribution is 2.17. The van der Waals surface area contributed by atoms with Gasteiger partial charge in [0.25, 0.3) is 5.91 Å². The molecule has 5 heteroatoms. The second-order valence-corrected chi connectivity index (χ2v) is 5.05. The fraction of sp³-hybridized carbons (Fsp3) is 0.312. The predicted molar refractivity (Wildman–Crippen MR) is 81.7 cm³/mol. The Bertz CT molecular complexity index is 577. The molecular weight excluding hydrogens is 290 g/mol. The van der Waals surface area contributed by atoms with Crippen LogP contribution in [0.25, 0.3) is 0 Å². The molecule has 0 aliphatic carbocycles. The first kappa shape index (κ1) is 15.4. The van der Waals surface area contributed by atoms with Crippen LogP contribution in [-0.4, -0.2) is 12.5 Å². The van der Waals surface area contributed by atoms with Crippen LogP contribution in [0.4, 0.5) is 0 Å². The van der Waals surface area contributed by atoms with Crippen molar-refractivity contribution in [1.82, 2.24) is 5.32 Å². The molecule has 2 aromatic rings. The summed E-state index contributed by atoms with van der Waals surface area (Å²) >= 11 is 5.80. The fourth-order valence-electron chi connectivity index (χ4n) is 1.73. The third kappa shape index (κ3) is 4.83. The van der Waals surface area contributed by atoms with Crippen LogP contribution in [0, 0.1) is 0 Å². The van der Waals surface area contributed by atoms with Crippen molar-refractivity contribution >= 4 is 17.5 Å². The molecule has 0 aliphatic heterocycles. The van der Waals surface area contributed by atoms with Gasteiger partial charge < -0.3 is 14.5 Å². The molecule has 0 unspecified atom stereocenters. The van der Waals surface area contributed by atoms with Crippen molar-refractivity contribution in [3.63, 3.8) is 0 Å². The Morgan fingerprint density at radius 1 is 1.24 bits per heavy atom. The van der Waals surface area contributed by atoms with E-state index in [0.717, 1.165) is 12.8 Å². The molecule has 112 valence electrons. The molecule has 0 aliphatic rings. The first-order valence-corrected chi connectivity index (χ1v) is 7.32. The van der Waals surface area contributed by atoms with Gasteiger partial charge in [-0.25, -0.2) is 0 Å². The molecule has 0 radical (unpaired) electrons. The van der Waals surface area contributed by atoms with E-state index in [1.807, 2.05) is 0 Å². The standard InChI is InChI=1S/C16H18ClNO3/c1-2-3-10-18-16(19)15-9-8-14(21-15)11-20-13-6-4-12(17)5-7-13/h4-9H,2-3,10-11H2,1H3,(H,18,19). The average molecular weight is 308 g/mol. The first-order valence-electron chi connectivity index (χ1n) is 6.94. The lowest BCUT2D eigenvalue weighted by molar-refractivity contribution is 0.0921. The molecule has 0 atom stereocenters. The maximum absolute atomic E-state index is 11.8. The summed E-state index contributed by atoms with van der Waals surface area (Å²) in [4.78, 5) is 11.8. The lowest BCUT2D eigenvalue weighted by Crippen LogP contribution is -2.23. The number of rotatable bonds is 7. The van der Waals surface area contributed by atoms with Gasteiger partial charge >= 0.3 is 0 Å². The van der Waals surface area contributed by atoms with Gasteiger partial charge in [-0.3, -0.25) is 4.79 Å². The van der Waals surface area contributed by atoms with Crippen LogP contribution in [0.1, 0.15) is 36.1 Å². The molecule has 4 nitrogen and oxygen atoms in total. The SMILES string of the molecule is CCCCNC(=O)c1ccc(COc2ccc(Cl)cc2)o1. The van der Waals surface area contributed by atoms with E-state index >= 15 is 0 Å². The smallest absolute Gasteiger partial charge is 0.286 e. The molecule has 2 rings (SSSR count). The van der Waals surface area contributed by atoms with Crippen molar-refractivity contribution in [2.24, 2.45) is 0 Å². The molecule has 1 aromatic heterocycles. The number of nitrogens with one attached hydrogen (secondary N) is 1. The van der Waals surface area contributed by atoms with Crippen molar-refractivity contribution in [2.75, 3.05) is 6.54 Å². The topological polar surface area (TPSA) is 51.5 Å². The number of furan rings is 1. The van der Waals surface area contributed by atoms with Crippen molar-refractivity contribution in [1.29, 1.82) is 0 Å². The van der Waals surface area contributed by atoms with Gasteiger partial charge in [0.05, 0.1) is 0 Å². The van der Waals surface area contributed by atoms with Crippen molar-refractivity contribution in [2.45, 2.75) is 26.4 Å². The number of carbonyl (C=O) groups is 1. The molecule has 21 heavy (non-hydrogen) atoms. The quantitative estimate of drug-likeness (QED) is 0.785. The van der Waals surface area contributed by atoms with Gasteiger partial charge in [-0.1, -0.05) is 24.9 Å². The maximum Gasteiger partial charge on any atom is 0.286 e. The number of benzene rings is 1. The Morgan fingerprint density at radius 3 is 2.71 bits per heavy atom. The van der Waals surface area contributed by atoms with Crippen LogP contribution < -0.4 is 10.1 Å². The zero-order chi connectivity index (χ0) is 15.1. The summed E-state index contributed by atoms with van der Waals surface area (Å²) in [7, 11) is 0. The second kappa shape index (κ2) is 7.74. The third-order valence-electron chi connectivity index (χ3n) is 2.90. The Hall–Kier alpha value is -1.94. The van der Waals surface area contributed by atoms with E-state index in [-0.39, 0.29) is 12.5 Å². The zero-order valence-corrected chi connectivity index (χ0v) is 12.7. The second-order valence-electron chi connectivity index (χ2n) is 4.62. The Labute approximate surface area is 129 Å². The highest BCUT2D eigenvalue weighted by Gasteiger charge is 2.10. The summed E-state index contributed by atoms with van der Waals surface area (Å²) in [6, 6.07) is 10.5. The highest BCUT2D eigenvalue weighted by molar-refractivity contribution is 6.30. The summed E-state index contributed by atoms with van der Waals surface area (Å²) in [5.41, 5.74) is 0. The maximum atomic E-state index is 11.8. The minimum atomic E-state index is -0.193. The summed E-state index contributed by atoms with van der Waals surface area (Å²) in [6.45, 7) is 3.00. The monoisotopic (exact) mass is 307 g/mol. The van der Waals surface area contributed by atoms with Crippen LogP contribution in [0.5, 0.6) is 5.75 Å². The lowest BCUT2D eigenvalue weighted by atomic mass is 10.3. The molecule has 0 bridgehead atoms. The molecule has 0 fully saturated rings. The van der Waals surface area contributed by atoms with E-state index in [1.165, 1.54) is 0 Å². The molecule has 0 spiro atoms. The highest BCUT2D eigenvalue weighted by atomic mass is 35.5. The van der Waals surface area contributed by atoms with Gasteiger partial charge in [0.1, 0.15) is 18.1 Å². The summed E-state index contributed by atoms with van der Waals surface area (Å²) in [5.74, 6) is 1.41. The minimum Gasteiger partial charge on any atom is -0.486 e.